The molecule has 188 valence electrons. The molecule has 2 heteroatoms. The number of rotatable bonds is 10. The summed E-state index contributed by atoms with van der Waals surface area (Å²) in [5, 5.41) is 0.328. The van der Waals surface area contributed by atoms with E-state index in [2.05, 4.69) is 50.3 Å². The second-order valence-electron chi connectivity index (χ2n) is 10.7. The van der Waals surface area contributed by atoms with E-state index in [1.165, 1.54) is 49.7 Å². The van der Waals surface area contributed by atoms with Gasteiger partial charge in [0, 0.05) is 5.56 Å². The SMILES string of the molecule is CCCCCc1ccc(C2CC=C(C3CC=C(c4ccc(CCCC)c(Cl)c4F)CC3)CC2)cc1. The zero-order chi connectivity index (χ0) is 24.6. The van der Waals surface area contributed by atoms with Crippen LogP contribution >= 0.6 is 11.6 Å². The normalized spacial score (nSPS) is 20.5. The second kappa shape index (κ2) is 12.9. The molecule has 0 N–H and O–H groups in total. The van der Waals surface area contributed by atoms with Crippen LogP contribution in [0.1, 0.15) is 113 Å². The third-order valence-corrected chi connectivity index (χ3v) is 8.62. The third-order valence-electron chi connectivity index (χ3n) is 8.21. The standard InChI is InChI=1S/C33H42ClF/c1-3-5-7-8-24-10-12-25(13-11-24)26-14-16-27(17-15-26)28-18-20-29(21-19-28)31-23-22-30(9-6-4-2)32(34)33(31)35/h10-13,16,20,22-23,26,28H,3-9,14-15,17-19,21H2,1-2H3. The van der Waals surface area contributed by atoms with Gasteiger partial charge in [0.25, 0.3) is 0 Å². The predicted molar refractivity (Wildman–Crippen MR) is 150 cm³/mol. The van der Waals surface area contributed by atoms with Crippen molar-refractivity contribution in [2.24, 2.45) is 5.92 Å². The van der Waals surface area contributed by atoms with Crippen LogP contribution in [-0.2, 0) is 12.8 Å². The van der Waals surface area contributed by atoms with Crippen molar-refractivity contribution in [3.05, 3.63) is 87.2 Å². The number of unbranched alkanes of at least 4 members (excludes halogenated alkanes) is 3. The molecule has 0 saturated heterocycles. The fraction of sp³-hybridized carbons (Fsp3) is 0.515. The van der Waals surface area contributed by atoms with E-state index in [9.17, 15) is 0 Å². The highest BCUT2D eigenvalue weighted by Gasteiger charge is 2.25. The molecule has 2 aromatic rings. The second-order valence-corrected chi connectivity index (χ2v) is 11.0. The number of hydrogen-bond acceptors (Lipinski definition) is 0. The van der Waals surface area contributed by atoms with E-state index in [1.54, 1.807) is 5.57 Å². The average molecular weight is 493 g/mol. The van der Waals surface area contributed by atoms with Crippen LogP contribution in [0.3, 0.4) is 0 Å². The van der Waals surface area contributed by atoms with Crippen LogP contribution in [-0.4, -0.2) is 0 Å². The average Bonchev–Trinajstić information content (AvgIpc) is 2.90. The maximum Gasteiger partial charge on any atom is 0.149 e. The van der Waals surface area contributed by atoms with Gasteiger partial charge >= 0.3 is 0 Å². The highest BCUT2D eigenvalue weighted by molar-refractivity contribution is 6.31. The molecular weight excluding hydrogens is 451 g/mol. The monoisotopic (exact) mass is 492 g/mol. The molecular formula is C33H42ClF. The molecule has 0 bridgehead atoms. The van der Waals surface area contributed by atoms with E-state index >= 15 is 4.39 Å². The summed E-state index contributed by atoms with van der Waals surface area (Å²) in [5.41, 5.74) is 7.39. The Balaban J connectivity index is 1.34. The molecule has 0 radical (unpaired) electrons. The zero-order valence-corrected chi connectivity index (χ0v) is 22.5. The van der Waals surface area contributed by atoms with Crippen LogP contribution in [0.25, 0.3) is 5.57 Å². The van der Waals surface area contributed by atoms with Crippen LogP contribution in [0.2, 0.25) is 5.02 Å². The van der Waals surface area contributed by atoms with Crippen molar-refractivity contribution in [1.82, 2.24) is 0 Å². The summed E-state index contributed by atoms with van der Waals surface area (Å²) in [6.45, 7) is 4.41. The first kappa shape index (κ1) is 26.2. The van der Waals surface area contributed by atoms with Crippen molar-refractivity contribution in [2.75, 3.05) is 0 Å². The lowest BCUT2D eigenvalue weighted by atomic mass is 9.76. The molecule has 2 atom stereocenters. The predicted octanol–water partition coefficient (Wildman–Crippen LogP) is 10.6. The molecule has 0 saturated carbocycles. The van der Waals surface area contributed by atoms with Crippen molar-refractivity contribution in [2.45, 2.75) is 103 Å². The molecule has 35 heavy (non-hydrogen) atoms. The van der Waals surface area contributed by atoms with Crippen molar-refractivity contribution < 1.29 is 4.39 Å². The molecule has 0 amide bonds. The van der Waals surface area contributed by atoms with Gasteiger partial charge < -0.3 is 0 Å². The van der Waals surface area contributed by atoms with Gasteiger partial charge in [-0.25, -0.2) is 4.39 Å². The van der Waals surface area contributed by atoms with Crippen molar-refractivity contribution in [1.29, 1.82) is 0 Å². The number of aryl methyl sites for hydroxylation is 2. The molecule has 0 spiro atoms. The van der Waals surface area contributed by atoms with Crippen LogP contribution in [0.4, 0.5) is 4.39 Å². The van der Waals surface area contributed by atoms with Crippen molar-refractivity contribution in [3.63, 3.8) is 0 Å². The molecule has 2 aliphatic rings. The fourth-order valence-corrected chi connectivity index (χ4v) is 6.14. The van der Waals surface area contributed by atoms with E-state index in [4.69, 9.17) is 11.6 Å². The summed E-state index contributed by atoms with van der Waals surface area (Å²) >= 11 is 6.39. The number of halogens is 2. The Hall–Kier alpha value is -1.86. The van der Waals surface area contributed by atoms with E-state index in [-0.39, 0.29) is 5.82 Å². The summed E-state index contributed by atoms with van der Waals surface area (Å²) in [5.74, 6) is 1.05. The Morgan fingerprint density at radius 1 is 0.800 bits per heavy atom. The van der Waals surface area contributed by atoms with Gasteiger partial charge in [-0.05, 0) is 98.3 Å². The molecule has 2 unspecified atom stereocenters. The Labute approximate surface area is 217 Å². The van der Waals surface area contributed by atoms with Crippen LogP contribution in [0, 0.1) is 11.7 Å². The molecule has 0 fully saturated rings. The third kappa shape index (κ3) is 6.67. The first-order valence-electron chi connectivity index (χ1n) is 14.0. The Morgan fingerprint density at radius 3 is 2.20 bits per heavy atom. The van der Waals surface area contributed by atoms with Crippen LogP contribution < -0.4 is 0 Å². The lowest BCUT2D eigenvalue weighted by Crippen LogP contribution is -2.13. The van der Waals surface area contributed by atoms with Gasteiger partial charge in [-0.3, -0.25) is 0 Å². The summed E-state index contributed by atoms with van der Waals surface area (Å²) in [7, 11) is 0. The largest absolute Gasteiger partial charge is 0.205 e. The Kier molecular flexibility index (Phi) is 9.67. The minimum atomic E-state index is -0.221. The molecule has 0 heterocycles. The van der Waals surface area contributed by atoms with Crippen LogP contribution in [0.15, 0.2) is 54.1 Å². The van der Waals surface area contributed by atoms with Gasteiger partial charge in [0.1, 0.15) is 5.82 Å². The van der Waals surface area contributed by atoms with Gasteiger partial charge in [-0.2, -0.15) is 0 Å². The van der Waals surface area contributed by atoms with E-state index in [0.717, 1.165) is 56.1 Å². The highest BCUT2D eigenvalue weighted by atomic mass is 35.5. The number of benzene rings is 2. The first-order valence-corrected chi connectivity index (χ1v) is 14.4. The van der Waals surface area contributed by atoms with E-state index in [1.807, 2.05) is 12.1 Å². The van der Waals surface area contributed by atoms with Gasteiger partial charge in [0.15, 0.2) is 0 Å². The topological polar surface area (TPSA) is 0 Å². The maximum atomic E-state index is 15.0. The fourth-order valence-electron chi connectivity index (χ4n) is 5.88. The van der Waals surface area contributed by atoms with E-state index in [0.29, 0.717) is 22.4 Å². The van der Waals surface area contributed by atoms with Gasteiger partial charge in [-0.1, -0.05) is 98.8 Å². The smallest absolute Gasteiger partial charge is 0.149 e. The lowest BCUT2D eigenvalue weighted by molar-refractivity contribution is 0.491. The molecule has 4 rings (SSSR count). The Bertz CT molecular complexity index is 1030. The first-order chi connectivity index (χ1) is 17.1. The van der Waals surface area contributed by atoms with Crippen molar-refractivity contribution in [3.8, 4) is 0 Å². The summed E-state index contributed by atoms with van der Waals surface area (Å²) < 4.78 is 15.0. The Morgan fingerprint density at radius 2 is 1.54 bits per heavy atom. The highest BCUT2D eigenvalue weighted by Crippen LogP contribution is 2.41. The van der Waals surface area contributed by atoms with Crippen molar-refractivity contribution >= 4 is 17.2 Å². The zero-order valence-electron chi connectivity index (χ0n) is 21.7. The van der Waals surface area contributed by atoms with Crippen LogP contribution in [0.5, 0.6) is 0 Å². The number of allylic oxidation sites excluding steroid dienone is 4. The van der Waals surface area contributed by atoms with Gasteiger partial charge in [0.05, 0.1) is 5.02 Å². The molecule has 0 aliphatic heterocycles. The minimum absolute atomic E-state index is 0.221. The minimum Gasteiger partial charge on any atom is -0.205 e. The molecule has 0 nitrogen and oxygen atoms in total. The maximum absolute atomic E-state index is 15.0. The summed E-state index contributed by atoms with van der Waals surface area (Å²) in [6.07, 6.45) is 19.6. The van der Waals surface area contributed by atoms with Gasteiger partial charge in [0.2, 0.25) is 0 Å². The lowest BCUT2D eigenvalue weighted by Gasteiger charge is -2.30. The molecule has 0 aromatic heterocycles. The summed E-state index contributed by atoms with van der Waals surface area (Å²) in [4.78, 5) is 0. The summed E-state index contributed by atoms with van der Waals surface area (Å²) in [6, 6.07) is 13.4. The quantitative estimate of drug-likeness (QED) is 0.228. The molecule has 2 aliphatic carbocycles. The number of hydrogen-bond donors (Lipinski definition) is 0. The molecule has 2 aromatic carbocycles. The van der Waals surface area contributed by atoms with E-state index < -0.39 is 0 Å². The van der Waals surface area contributed by atoms with Gasteiger partial charge in [-0.15, -0.1) is 0 Å².